The van der Waals surface area contributed by atoms with Gasteiger partial charge in [-0.25, -0.2) is 14.8 Å². The first-order valence-electron chi connectivity index (χ1n) is 13.6. The summed E-state index contributed by atoms with van der Waals surface area (Å²) in [6, 6.07) is 26.1. The van der Waals surface area contributed by atoms with Crippen LogP contribution in [0.2, 0.25) is 0 Å². The van der Waals surface area contributed by atoms with Gasteiger partial charge in [0.2, 0.25) is 5.89 Å². The molecule has 0 fully saturated rings. The number of aromatic nitrogens is 2. The van der Waals surface area contributed by atoms with Crippen molar-refractivity contribution < 1.29 is 23.5 Å². The molecule has 2 heterocycles. The first kappa shape index (κ1) is 27.2. The molecular weight excluding hydrogens is 550 g/mol. The summed E-state index contributed by atoms with van der Waals surface area (Å²) in [4.78, 5) is 35.9. The van der Waals surface area contributed by atoms with Crippen LogP contribution in [0.25, 0.3) is 44.6 Å². The Bertz CT molecular complexity index is 1860. The molecule has 0 aliphatic heterocycles. The van der Waals surface area contributed by atoms with Crippen LogP contribution in [0.5, 0.6) is 5.75 Å². The van der Waals surface area contributed by atoms with E-state index in [1.54, 1.807) is 19.1 Å². The molecule has 42 heavy (non-hydrogen) atoms. The quantitative estimate of drug-likeness (QED) is 0.175. The fourth-order valence-electron chi connectivity index (χ4n) is 4.73. The normalized spacial score (nSPS) is 11.9. The summed E-state index contributed by atoms with van der Waals surface area (Å²) in [5.74, 6) is 0.127. The number of carbonyl (C=O) groups is 2. The number of oxazole rings is 1. The Kier molecular flexibility index (Phi) is 7.66. The molecule has 210 valence electrons. The molecule has 6 aromatic rings. The van der Waals surface area contributed by atoms with Crippen molar-refractivity contribution in [3.05, 3.63) is 95.9 Å². The average molecular weight is 578 g/mol. The van der Waals surface area contributed by atoms with E-state index in [4.69, 9.17) is 13.9 Å². The molecule has 8 nitrogen and oxygen atoms in total. The van der Waals surface area contributed by atoms with Crippen LogP contribution in [0.1, 0.15) is 30.6 Å². The van der Waals surface area contributed by atoms with Gasteiger partial charge in [0.15, 0.2) is 16.8 Å². The highest BCUT2D eigenvalue weighted by molar-refractivity contribution is 7.14. The number of esters is 1. The maximum atomic E-state index is 13.5. The van der Waals surface area contributed by atoms with Gasteiger partial charge in [-0.2, -0.15) is 0 Å². The summed E-state index contributed by atoms with van der Waals surface area (Å²) < 4.78 is 17.3. The fraction of sp³-hybridized carbons (Fsp3) is 0.152. The highest BCUT2D eigenvalue weighted by atomic mass is 32.1. The maximum Gasteiger partial charge on any atom is 0.339 e. The number of amides is 1. The third-order valence-electron chi connectivity index (χ3n) is 6.76. The van der Waals surface area contributed by atoms with Gasteiger partial charge in [0.25, 0.3) is 5.91 Å². The van der Waals surface area contributed by atoms with Gasteiger partial charge < -0.3 is 13.9 Å². The Labute approximate surface area is 245 Å². The monoisotopic (exact) mass is 577 g/mol. The third kappa shape index (κ3) is 5.46. The van der Waals surface area contributed by atoms with Crippen molar-refractivity contribution in [1.29, 1.82) is 0 Å². The van der Waals surface area contributed by atoms with E-state index in [1.165, 1.54) is 11.3 Å². The summed E-state index contributed by atoms with van der Waals surface area (Å²) in [7, 11) is 0. The Morgan fingerprint density at radius 2 is 1.71 bits per heavy atom. The van der Waals surface area contributed by atoms with E-state index < -0.39 is 18.0 Å². The molecule has 0 radical (unpaired) electrons. The van der Waals surface area contributed by atoms with Crippen molar-refractivity contribution in [2.75, 3.05) is 11.9 Å². The number of fused-ring (bicyclic) bond motifs is 2. The molecule has 1 unspecified atom stereocenters. The molecule has 0 aliphatic rings. The Morgan fingerprint density at radius 1 is 0.929 bits per heavy atom. The fourth-order valence-corrected chi connectivity index (χ4v) is 5.45. The zero-order valence-corrected chi connectivity index (χ0v) is 23.8. The Hall–Kier alpha value is -5.02. The van der Waals surface area contributed by atoms with Crippen molar-refractivity contribution in [2.24, 2.45) is 0 Å². The van der Waals surface area contributed by atoms with Gasteiger partial charge in [0.05, 0.1) is 17.9 Å². The molecule has 0 saturated carbocycles. The van der Waals surface area contributed by atoms with Gasteiger partial charge in [0.1, 0.15) is 11.3 Å². The van der Waals surface area contributed by atoms with Crippen molar-refractivity contribution in [3.8, 4) is 28.5 Å². The minimum atomic E-state index is -1.01. The zero-order valence-electron chi connectivity index (χ0n) is 23.0. The smallest absolute Gasteiger partial charge is 0.339 e. The molecular formula is C33H27N3O5S. The molecule has 1 amide bonds. The predicted octanol–water partition coefficient (Wildman–Crippen LogP) is 7.74. The van der Waals surface area contributed by atoms with Crippen LogP contribution in [-0.4, -0.2) is 34.6 Å². The van der Waals surface area contributed by atoms with Crippen LogP contribution in [-0.2, 0) is 9.53 Å². The molecule has 9 heteroatoms. The third-order valence-corrected chi connectivity index (χ3v) is 7.51. The van der Waals surface area contributed by atoms with Gasteiger partial charge in [-0.3, -0.25) is 10.1 Å². The summed E-state index contributed by atoms with van der Waals surface area (Å²) in [6.07, 6.45) is -0.723. The van der Waals surface area contributed by atoms with E-state index in [0.717, 1.165) is 27.9 Å². The molecule has 0 aliphatic carbocycles. The van der Waals surface area contributed by atoms with Crippen molar-refractivity contribution >= 4 is 50.2 Å². The first-order chi connectivity index (χ1) is 20.5. The highest BCUT2D eigenvalue weighted by Crippen LogP contribution is 2.33. The van der Waals surface area contributed by atoms with Crippen molar-refractivity contribution in [3.63, 3.8) is 0 Å². The number of nitrogens with one attached hydrogen (secondary N) is 1. The first-order valence-corrected chi connectivity index (χ1v) is 14.5. The number of rotatable bonds is 9. The zero-order chi connectivity index (χ0) is 29.1. The molecule has 0 saturated heterocycles. The van der Waals surface area contributed by atoms with E-state index in [-0.39, 0.29) is 6.42 Å². The lowest BCUT2D eigenvalue weighted by Crippen LogP contribution is -2.32. The number of nitrogens with zero attached hydrogens (tertiary/aromatic N) is 2. The number of para-hydroxylation sites is 2. The number of ether oxygens (including phenoxy) is 2. The lowest BCUT2D eigenvalue weighted by atomic mass is 9.99. The molecule has 0 bridgehead atoms. The largest absolute Gasteiger partial charge is 0.494 e. The number of thiazole rings is 1. The van der Waals surface area contributed by atoms with Gasteiger partial charge in [0, 0.05) is 21.9 Å². The second-order valence-corrected chi connectivity index (χ2v) is 10.3. The standard InChI is InChI=1S/C33H27N3O5S/c1-3-27(30(37)36-33-35-26(19-42-33)20-15-17-22(18-16-20)39-4-2)41-32(38)24-12-8-10-21-9-7-11-23(29(21)24)31-34-25-13-5-6-14-28(25)40-31/h5-19,27H,3-4H2,1-2H3,(H,35,36,37). The molecule has 0 spiro atoms. The minimum Gasteiger partial charge on any atom is -0.494 e. The number of hydrogen-bond donors (Lipinski definition) is 1. The Morgan fingerprint density at radius 3 is 2.48 bits per heavy atom. The van der Waals surface area contributed by atoms with Gasteiger partial charge in [-0.1, -0.05) is 43.3 Å². The van der Waals surface area contributed by atoms with Crippen LogP contribution < -0.4 is 10.1 Å². The van der Waals surface area contributed by atoms with Crippen molar-refractivity contribution in [2.45, 2.75) is 26.4 Å². The van der Waals surface area contributed by atoms with Crippen molar-refractivity contribution in [1.82, 2.24) is 9.97 Å². The van der Waals surface area contributed by atoms with Gasteiger partial charge in [-0.05, 0) is 67.3 Å². The van der Waals surface area contributed by atoms with E-state index in [9.17, 15) is 9.59 Å². The molecule has 2 aromatic heterocycles. The lowest BCUT2D eigenvalue weighted by molar-refractivity contribution is -0.124. The van der Waals surface area contributed by atoms with Crippen LogP contribution in [0.3, 0.4) is 0 Å². The SMILES string of the molecule is CCOc1ccc(-c2csc(NC(=O)C(CC)OC(=O)c3cccc4cccc(-c5nc6ccccc6o5)c34)n2)cc1. The van der Waals surface area contributed by atoms with Crippen LogP contribution >= 0.6 is 11.3 Å². The highest BCUT2D eigenvalue weighted by Gasteiger charge is 2.25. The molecule has 1 atom stereocenters. The second kappa shape index (κ2) is 11.8. The topological polar surface area (TPSA) is 104 Å². The van der Waals surface area contributed by atoms with E-state index in [2.05, 4.69) is 15.3 Å². The summed E-state index contributed by atoms with van der Waals surface area (Å²) >= 11 is 1.30. The molecule has 4 aromatic carbocycles. The summed E-state index contributed by atoms with van der Waals surface area (Å²) in [6.45, 7) is 4.32. The number of carbonyl (C=O) groups excluding carboxylic acids is 2. The van der Waals surface area contributed by atoms with Crippen LogP contribution in [0.15, 0.2) is 94.7 Å². The minimum absolute atomic E-state index is 0.289. The summed E-state index contributed by atoms with van der Waals surface area (Å²) in [5.41, 5.74) is 3.99. The lowest BCUT2D eigenvalue weighted by Gasteiger charge is -2.16. The van der Waals surface area contributed by atoms with Gasteiger partial charge in [-0.15, -0.1) is 11.3 Å². The average Bonchev–Trinajstić information content (AvgIpc) is 3.67. The number of benzene rings is 4. The Balaban J connectivity index is 1.22. The number of anilines is 1. The van der Waals surface area contributed by atoms with Crippen LogP contribution in [0, 0.1) is 0 Å². The molecule has 6 rings (SSSR count). The van der Waals surface area contributed by atoms with Gasteiger partial charge >= 0.3 is 5.97 Å². The summed E-state index contributed by atoms with van der Waals surface area (Å²) in [5, 5.41) is 6.55. The van der Waals surface area contributed by atoms with E-state index in [1.807, 2.05) is 85.1 Å². The number of hydrogen-bond acceptors (Lipinski definition) is 8. The molecule has 1 N–H and O–H groups in total. The van der Waals surface area contributed by atoms with E-state index in [0.29, 0.717) is 39.7 Å². The second-order valence-electron chi connectivity index (χ2n) is 9.48. The predicted molar refractivity (Wildman–Crippen MR) is 164 cm³/mol. The van der Waals surface area contributed by atoms with E-state index >= 15 is 0 Å². The van der Waals surface area contributed by atoms with Crippen LogP contribution in [0.4, 0.5) is 5.13 Å². The maximum absolute atomic E-state index is 13.5.